The highest BCUT2D eigenvalue weighted by atomic mass is 31.2. The van der Waals surface area contributed by atoms with Gasteiger partial charge in [-0.2, -0.15) is 0 Å². The first kappa shape index (κ1) is 55.9. The molecule has 0 aliphatic rings. The van der Waals surface area contributed by atoms with E-state index in [1.54, 1.807) is 0 Å². The Hall–Kier alpha value is -3.11. The summed E-state index contributed by atoms with van der Waals surface area (Å²) in [6.45, 7) is 2.15. The molecule has 3 N–H and O–H groups in total. The first-order valence-electron chi connectivity index (χ1n) is 22.2. The number of aliphatic hydroxyl groups is 2. The number of aliphatic hydroxyl groups excluding tert-OH is 2. The van der Waals surface area contributed by atoms with Gasteiger partial charge in [0.25, 0.3) is 0 Å². The number of ether oxygens (including phenoxy) is 2. The van der Waals surface area contributed by atoms with Crippen LogP contribution in [0.25, 0.3) is 0 Å². The second kappa shape index (κ2) is 43.0. The van der Waals surface area contributed by atoms with E-state index in [0.717, 1.165) is 89.9 Å². The van der Waals surface area contributed by atoms with Gasteiger partial charge in [0.2, 0.25) is 0 Å². The van der Waals surface area contributed by atoms with Crippen LogP contribution < -0.4 is 0 Å². The molecule has 0 amide bonds. The maximum Gasteiger partial charge on any atom is 0.472 e. The van der Waals surface area contributed by atoms with Crippen molar-refractivity contribution in [3.05, 3.63) is 97.2 Å². The van der Waals surface area contributed by atoms with Gasteiger partial charge in [0, 0.05) is 12.8 Å². The molecule has 0 aromatic heterocycles. The van der Waals surface area contributed by atoms with Crippen LogP contribution in [0.1, 0.15) is 155 Å². The zero-order valence-electron chi connectivity index (χ0n) is 36.4. The molecule has 0 saturated heterocycles. The van der Waals surface area contributed by atoms with Crippen molar-refractivity contribution in [2.45, 2.75) is 167 Å². The van der Waals surface area contributed by atoms with Crippen molar-refractivity contribution in [2.24, 2.45) is 0 Å². The molecule has 0 spiro atoms. The Balaban J connectivity index is 4.42. The van der Waals surface area contributed by atoms with E-state index in [4.69, 9.17) is 19.1 Å². The molecular formula is C48H79O10P. The Kier molecular flexibility index (Phi) is 40.7. The number of carbonyl (C=O) groups excluding carboxylic acids is 2. The number of rotatable bonds is 40. The molecule has 0 aliphatic carbocycles. The summed E-state index contributed by atoms with van der Waals surface area (Å²) in [4.78, 5) is 35.0. The molecule has 1 unspecified atom stereocenters. The highest BCUT2D eigenvalue weighted by Gasteiger charge is 2.27. The molecule has 0 saturated carbocycles. The van der Waals surface area contributed by atoms with Crippen molar-refractivity contribution in [2.75, 3.05) is 26.4 Å². The molecule has 0 aromatic carbocycles. The Morgan fingerprint density at radius 2 is 0.932 bits per heavy atom. The van der Waals surface area contributed by atoms with Gasteiger partial charge in [-0.15, -0.1) is 0 Å². The predicted molar refractivity (Wildman–Crippen MR) is 242 cm³/mol. The summed E-state index contributed by atoms with van der Waals surface area (Å²) in [6, 6.07) is 0. The summed E-state index contributed by atoms with van der Waals surface area (Å²) < 4.78 is 32.7. The third kappa shape index (κ3) is 42.8. The van der Waals surface area contributed by atoms with Gasteiger partial charge >= 0.3 is 19.8 Å². The fraction of sp³-hybridized carbons (Fsp3) is 0.625. The Bertz CT molecular complexity index is 1300. The summed E-state index contributed by atoms with van der Waals surface area (Å²) >= 11 is 0. The first-order chi connectivity index (χ1) is 28.7. The van der Waals surface area contributed by atoms with Crippen LogP contribution in [0.15, 0.2) is 97.2 Å². The van der Waals surface area contributed by atoms with Gasteiger partial charge < -0.3 is 24.6 Å². The van der Waals surface area contributed by atoms with E-state index in [2.05, 4.69) is 116 Å². The van der Waals surface area contributed by atoms with Gasteiger partial charge in [0.1, 0.15) is 12.7 Å². The van der Waals surface area contributed by atoms with Crippen LogP contribution >= 0.6 is 7.82 Å². The molecule has 3 atom stereocenters. The van der Waals surface area contributed by atoms with E-state index in [1.165, 1.54) is 25.7 Å². The fourth-order valence-corrected chi connectivity index (χ4v) is 6.11. The maximum atomic E-state index is 12.6. The third-order valence-corrected chi connectivity index (χ3v) is 9.67. The second-order valence-electron chi connectivity index (χ2n) is 14.3. The quantitative estimate of drug-likeness (QED) is 0.0235. The van der Waals surface area contributed by atoms with Crippen LogP contribution in [0.3, 0.4) is 0 Å². The Morgan fingerprint density at radius 1 is 0.525 bits per heavy atom. The third-order valence-electron chi connectivity index (χ3n) is 8.72. The molecule has 0 bridgehead atoms. The van der Waals surface area contributed by atoms with Crippen LogP contribution in [0.5, 0.6) is 0 Å². The number of phosphoric acid groups is 1. The number of hydrogen-bond acceptors (Lipinski definition) is 9. The molecule has 0 radical (unpaired) electrons. The monoisotopic (exact) mass is 847 g/mol. The van der Waals surface area contributed by atoms with Crippen molar-refractivity contribution in [3.8, 4) is 0 Å². The van der Waals surface area contributed by atoms with E-state index in [0.29, 0.717) is 12.8 Å². The number of esters is 2. The lowest BCUT2D eigenvalue weighted by atomic mass is 10.1. The van der Waals surface area contributed by atoms with E-state index >= 15 is 0 Å². The second-order valence-corrected chi connectivity index (χ2v) is 15.8. The van der Waals surface area contributed by atoms with Crippen LogP contribution in [-0.2, 0) is 32.7 Å². The average Bonchev–Trinajstić information content (AvgIpc) is 3.22. The number of carbonyl (C=O) groups is 2. The molecule has 336 valence electrons. The summed E-state index contributed by atoms with van der Waals surface area (Å²) in [5, 5.41) is 18.3. The van der Waals surface area contributed by atoms with Crippen LogP contribution in [0, 0.1) is 0 Å². The predicted octanol–water partition coefficient (Wildman–Crippen LogP) is 12.0. The lowest BCUT2D eigenvalue weighted by molar-refractivity contribution is -0.161. The van der Waals surface area contributed by atoms with Crippen molar-refractivity contribution in [1.82, 2.24) is 0 Å². The number of phosphoric ester groups is 1. The Labute approximate surface area is 357 Å². The summed E-state index contributed by atoms with van der Waals surface area (Å²) in [5.41, 5.74) is 0. The molecular weight excluding hydrogens is 767 g/mol. The van der Waals surface area contributed by atoms with Crippen LogP contribution in [-0.4, -0.2) is 65.7 Å². The summed E-state index contributed by atoms with van der Waals surface area (Å²) in [5.74, 6) is -0.998. The van der Waals surface area contributed by atoms with Gasteiger partial charge in [-0.25, -0.2) is 4.57 Å². The molecule has 0 aliphatic heterocycles. The minimum Gasteiger partial charge on any atom is -0.462 e. The minimum atomic E-state index is -4.64. The lowest BCUT2D eigenvalue weighted by Crippen LogP contribution is -2.29. The number of allylic oxidation sites excluding steroid dienone is 16. The zero-order chi connectivity index (χ0) is 43.3. The number of unbranched alkanes of at least 4 members (excludes halogenated alkanes) is 10. The van der Waals surface area contributed by atoms with E-state index in [9.17, 15) is 24.2 Å². The van der Waals surface area contributed by atoms with E-state index in [-0.39, 0.29) is 19.4 Å². The molecule has 59 heavy (non-hydrogen) atoms. The highest BCUT2D eigenvalue weighted by Crippen LogP contribution is 2.43. The first-order valence-corrected chi connectivity index (χ1v) is 23.7. The van der Waals surface area contributed by atoms with Crippen molar-refractivity contribution in [3.63, 3.8) is 0 Å². The lowest BCUT2D eigenvalue weighted by Gasteiger charge is -2.20. The van der Waals surface area contributed by atoms with Crippen molar-refractivity contribution < 1.29 is 47.8 Å². The van der Waals surface area contributed by atoms with Crippen molar-refractivity contribution >= 4 is 19.8 Å². The smallest absolute Gasteiger partial charge is 0.462 e. The van der Waals surface area contributed by atoms with Gasteiger partial charge in [-0.1, -0.05) is 143 Å². The van der Waals surface area contributed by atoms with Crippen molar-refractivity contribution in [1.29, 1.82) is 0 Å². The average molecular weight is 847 g/mol. The molecule has 0 fully saturated rings. The minimum absolute atomic E-state index is 0.134. The normalized spacial score (nSPS) is 14.7. The molecule has 0 rings (SSSR count). The van der Waals surface area contributed by atoms with Gasteiger partial charge in [0.15, 0.2) is 6.10 Å². The summed E-state index contributed by atoms with van der Waals surface area (Å²) in [6.07, 6.45) is 52.2. The standard InChI is InChI=1S/C48H79O10P/c1-3-5-7-9-11-13-15-17-19-21-22-24-26-28-30-32-34-36-38-40-48(52)58-46(44-57-59(53,54)56-42-45(50)41-49)43-55-47(51)39-37-35-33-31-29-27-25-23-20-18-16-14-12-10-8-6-4-2/h5,7,11-14,17-20,22,24-25,27-28,30,45-46,49-50H,3-4,6,8-10,15-16,21,23,26,29,31-44H2,1-2H3,(H,53,54)/b7-5+,13-11+,14-12+,19-17+,20-18+,24-22+,27-25+,30-28+/t45-,46+/m0/s1. The topological polar surface area (TPSA) is 149 Å². The van der Waals surface area contributed by atoms with Crippen LogP contribution in [0.2, 0.25) is 0 Å². The maximum absolute atomic E-state index is 12.6. The largest absolute Gasteiger partial charge is 0.472 e. The molecule has 0 heterocycles. The summed E-state index contributed by atoms with van der Waals surface area (Å²) in [7, 11) is -4.64. The fourth-order valence-electron chi connectivity index (χ4n) is 5.32. The van der Waals surface area contributed by atoms with Gasteiger partial charge in [-0.3, -0.25) is 18.6 Å². The molecule has 11 heteroatoms. The number of hydrogen-bond donors (Lipinski definition) is 3. The van der Waals surface area contributed by atoms with Crippen LogP contribution in [0.4, 0.5) is 0 Å². The Morgan fingerprint density at radius 3 is 1.41 bits per heavy atom. The zero-order valence-corrected chi connectivity index (χ0v) is 37.3. The van der Waals surface area contributed by atoms with E-state index in [1.807, 2.05) is 0 Å². The van der Waals surface area contributed by atoms with Gasteiger partial charge in [0.05, 0.1) is 19.8 Å². The van der Waals surface area contributed by atoms with E-state index < -0.39 is 51.8 Å². The molecule has 0 aromatic rings. The molecule has 10 nitrogen and oxygen atoms in total. The SMILES string of the molecule is CC/C=C/C/C=C/C/C=C/C/C=C/C/C=C/CCCCCC(=O)O[C@H](COC(=O)CCCCCC/C=C/C/C=C/C/C=C/CCCCC)COP(=O)(O)OC[C@@H](O)CO. The van der Waals surface area contributed by atoms with Gasteiger partial charge in [-0.05, 0) is 96.3 Å². The highest BCUT2D eigenvalue weighted by molar-refractivity contribution is 7.47.